The first-order chi connectivity index (χ1) is 13.6. The van der Waals surface area contributed by atoms with E-state index in [9.17, 15) is 9.59 Å². The molecule has 6 nitrogen and oxygen atoms in total. The smallest absolute Gasteiger partial charge is 0.254 e. The third kappa shape index (κ3) is 4.02. The predicted octanol–water partition coefficient (Wildman–Crippen LogP) is 3.31. The summed E-state index contributed by atoms with van der Waals surface area (Å²) in [5.74, 6) is 0.848. The van der Waals surface area contributed by atoms with Gasteiger partial charge in [0.1, 0.15) is 5.82 Å². The first-order valence-corrected chi connectivity index (χ1v) is 9.76. The van der Waals surface area contributed by atoms with Crippen LogP contribution in [0.3, 0.4) is 0 Å². The molecule has 28 heavy (non-hydrogen) atoms. The van der Waals surface area contributed by atoms with E-state index in [1.807, 2.05) is 42.5 Å². The van der Waals surface area contributed by atoms with Crippen LogP contribution in [0, 0.1) is 0 Å². The molecule has 2 aromatic carbocycles. The van der Waals surface area contributed by atoms with Gasteiger partial charge in [-0.3, -0.25) is 9.59 Å². The Balaban J connectivity index is 1.18. The first-order valence-electron chi connectivity index (χ1n) is 9.38. The molecule has 1 aromatic heterocycles. The van der Waals surface area contributed by atoms with Gasteiger partial charge in [0.15, 0.2) is 0 Å². The highest BCUT2D eigenvalue weighted by molar-refractivity contribution is 6.31. The van der Waals surface area contributed by atoms with Crippen molar-refractivity contribution in [2.45, 2.75) is 25.8 Å². The zero-order valence-corrected chi connectivity index (χ0v) is 16.1. The number of hydrogen-bond donors (Lipinski definition) is 2. The highest BCUT2D eigenvalue weighted by Crippen LogP contribution is 2.22. The molecule has 0 atom stereocenters. The average Bonchev–Trinajstić information content (AvgIpc) is 3.24. The maximum atomic E-state index is 12.3. The molecular weight excluding hydrogens is 376 g/mol. The number of benzene rings is 2. The number of amides is 2. The Morgan fingerprint density at radius 1 is 1.25 bits per heavy atom. The van der Waals surface area contributed by atoms with Crippen molar-refractivity contribution in [3.8, 4) is 0 Å². The zero-order chi connectivity index (χ0) is 19.5. The van der Waals surface area contributed by atoms with Crippen LogP contribution >= 0.6 is 11.6 Å². The van der Waals surface area contributed by atoms with Crippen LogP contribution in [0.15, 0.2) is 42.5 Å². The minimum atomic E-state index is -0.0415. The van der Waals surface area contributed by atoms with E-state index < -0.39 is 0 Å². The van der Waals surface area contributed by atoms with E-state index in [1.54, 1.807) is 4.90 Å². The summed E-state index contributed by atoms with van der Waals surface area (Å²) in [7, 11) is 0. The molecule has 1 aliphatic rings. The molecule has 0 saturated carbocycles. The molecule has 2 N–H and O–H groups in total. The lowest BCUT2D eigenvalue weighted by Gasteiger charge is -2.15. The number of aryl methyl sites for hydroxylation is 1. The molecule has 0 fully saturated rings. The van der Waals surface area contributed by atoms with Crippen LogP contribution in [-0.4, -0.2) is 39.8 Å². The number of aromatic amines is 1. The summed E-state index contributed by atoms with van der Waals surface area (Å²) < 4.78 is 0. The molecule has 0 radical (unpaired) electrons. The van der Waals surface area contributed by atoms with Gasteiger partial charge in [0.2, 0.25) is 5.91 Å². The number of H-pyrrole nitrogens is 1. The maximum absolute atomic E-state index is 12.3. The van der Waals surface area contributed by atoms with Crippen molar-refractivity contribution in [3.63, 3.8) is 0 Å². The summed E-state index contributed by atoms with van der Waals surface area (Å²) >= 11 is 5.98. The van der Waals surface area contributed by atoms with Gasteiger partial charge in [-0.05, 0) is 36.2 Å². The van der Waals surface area contributed by atoms with Crippen LogP contribution in [0.1, 0.15) is 34.6 Å². The van der Waals surface area contributed by atoms with E-state index in [-0.39, 0.29) is 11.8 Å². The number of nitrogens with one attached hydrogen (secondary N) is 2. The molecule has 0 saturated heterocycles. The van der Waals surface area contributed by atoms with Crippen molar-refractivity contribution < 1.29 is 9.59 Å². The van der Waals surface area contributed by atoms with Gasteiger partial charge in [-0.1, -0.05) is 29.8 Å². The molecule has 1 aliphatic heterocycles. The Morgan fingerprint density at radius 2 is 2.11 bits per heavy atom. The first kappa shape index (κ1) is 18.5. The minimum Gasteiger partial charge on any atom is -0.356 e. The van der Waals surface area contributed by atoms with E-state index in [2.05, 4.69) is 15.3 Å². The van der Waals surface area contributed by atoms with Crippen molar-refractivity contribution >= 4 is 34.4 Å². The molecule has 0 bridgehead atoms. The Bertz CT molecular complexity index is 1030. The number of fused-ring (bicyclic) bond motifs is 2. The lowest BCUT2D eigenvalue weighted by Crippen LogP contribution is -2.31. The lowest BCUT2D eigenvalue weighted by molar-refractivity contribution is -0.121. The molecule has 144 valence electrons. The molecule has 2 amide bonds. The second-order valence-electron chi connectivity index (χ2n) is 6.93. The number of imidazole rings is 1. The van der Waals surface area contributed by atoms with Crippen molar-refractivity contribution in [1.29, 1.82) is 0 Å². The third-order valence-corrected chi connectivity index (χ3v) is 5.15. The molecule has 0 unspecified atom stereocenters. The van der Waals surface area contributed by atoms with Crippen LogP contribution in [0.5, 0.6) is 0 Å². The Kier molecular flexibility index (Phi) is 5.30. The fourth-order valence-electron chi connectivity index (χ4n) is 3.46. The summed E-state index contributed by atoms with van der Waals surface area (Å²) in [5.41, 5.74) is 3.58. The minimum absolute atomic E-state index is 0.00777. The van der Waals surface area contributed by atoms with Gasteiger partial charge in [-0.15, -0.1) is 0 Å². The Hall–Kier alpha value is -2.86. The standard InChI is InChI=1S/C21H21ClN4O2/c22-15-7-8-17-18(12-15)25-19(24-17)6-3-10-23-20(27)9-11-26-13-14-4-1-2-5-16(14)21(26)28/h1-2,4-5,7-8,12H,3,6,9-11,13H2,(H,23,27)(H,24,25). The normalized spacial score (nSPS) is 13.2. The highest BCUT2D eigenvalue weighted by Gasteiger charge is 2.26. The number of halogens is 1. The van der Waals surface area contributed by atoms with Gasteiger partial charge in [0.05, 0.1) is 11.0 Å². The SMILES string of the molecule is O=C(CCN1Cc2ccccc2C1=O)NCCCc1nc2ccc(Cl)cc2[nH]1. The quantitative estimate of drug-likeness (QED) is 0.601. The zero-order valence-electron chi connectivity index (χ0n) is 15.4. The van der Waals surface area contributed by atoms with E-state index in [4.69, 9.17) is 11.6 Å². The topological polar surface area (TPSA) is 78.1 Å². The number of carbonyl (C=O) groups excluding carboxylic acids is 2. The van der Waals surface area contributed by atoms with Crippen LogP contribution in [-0.2, 0) is 17.8 Å². The monoisotopic (exact) mass is 396 g/mol. The van der Waals surface area contributed by atoms with E-state index in [0.29, 0.717) is 31.1 Å². The van der Waals surface area contributed by atoms with Gasteiger partial charge in [-0.25, -0.2) is 4.98 Å². The van der Waals surface area contributed by atoms with Crippen LogP contribution in [0.25, 0.3) is 11.0 Å². The van der Waals surface area contributed by atoms with Gasteiger partial charge < -0.3 is 15.2 Å². The Morgan fingerprint density at radius 3 is 2.96 bits per heavy atom. The predicted molar refractivity (Wildman–Crippen MR) is 108 cm³/mol. The second-order valence-corrected chi connectivity index (χ2v) is 7.37. The summed E-state index contributed by atoms with van der Waals surface area (Å²) in [6.07, 6.45) is 1.84. The summed E-state index contributed by atoms with van der Waals surface area (Å²) in [6.45, 7) is 1.59. The van der Waals surface area contributed by atoms with Gasteiger partial charge in [0.25, 0.3) is 5.91 Å². The van der Waals surface area contributed by atoms with Crippen LogP contribution < -0.4 is 5.32 Å². The van der Waals surface area contributed by atoms with Crippen LogP contribution in [0.2, 0.25) is 5.02 Å². The number of rotatable bonds is 7. The molecule has 3 aromatic rings. The molecular formula is C21H21ClN4O2. The summed E-state index contributed by atoms with van der Waals surface area (Å²) in [6, 6.07) is 13.1. The number of aromatic nitrogens is 2. The second kappa shape index (κ2) is 8.02. The molecule has 0 spiro atoms. The molecule has 2 heterocycles. The summed E-state index contributed by atoms with van der Waals surface area (Å²) in [4.78, 5) is 33.9. The van der Waals surface area contributed by atoms with Crippen molar-refractivity contribution in [2.75, 3.05) is 13.1 Å². The van der Waals surface area contributed by atoms with Crippen molar-refractivity contribution in [1.82, 2.24) is 20.2 Å². The van der Waals surface area contributed by atoms with Crippen molar-refractivity contribution in [3.05, 3.63) is 64.4 Å². The maximum Gasteiger partial charge on any atom is 0.254 e. The number of carbonyl (C=O) groups is 2. The lowest BCUT2D eigenvalue weighted by atomic mass is 10.1. The van der Waals surface area contributed by atoms with Crippen molar-refractivity contribution in [2.24, 2.45) is 0 Å². The average molecular weight is 397 g/mol. The molecule has 4 rings (SSSR count). The fourth-order valence-corrected chi connectivity index (χ4v) is 3.63. The van der Waals surface area contributed by atoms with Crippen LogP contribution in [0.4, 0.5) is 0 Å². The Labute approximate surface area is 167 Å². The van der Waals surface area contributed by atoms with Gasteiger partial charge in [0, 0.05) is 43.1 Å². The highest BCUT2D eigenvalue weighted by atomic mass is 35.5. The fraction of sp³-hybridized carbons (Fsp3) is 0.286. The summed E-state index contributed by atoms with van der Waals surface area (Å²) in [5, 5.41) is 3.59. The van der Waals surface area contributed by atoms with Gasteiger partial charge >= 0.3 is 0 Å². The number of hydrogen-bond acceptors (Lipinski definition) is 3. The van der Waals surface area contributed by atoms with E-state index in [1.165, 1.54) is 0 Å². The number of nitrogens with zero attached hydrogens (tertiary/aromatic N) is 2. The molecule has 7 heteroatoms. The molecule has 0 aliphatic carbocycles. The van der Waals surface area contributed by atoms with E-state index in [0.717, 1.165) is 40.8 Å². The third-order valence-electron chi connectivity index (χ3n) is 4.91. The largest absolute Gasteiger partial charge is 0.356 e. The van der Waals surface area contributed by atoms with E-state index >= 15 is 0 Å². The van der Waals surface area contributed by atoms with Gasteiger partial charge in [-0.2, -0.15) is 0 Å².